The van der Waals surface area contributed by atoms with Gasteiger partial charge in [-0.05, 0) is 41.5 Å². The number of carbonyl (C=O) groups excluding carboxylic acids is 1. The Bertz CT molecular complexity index is 1190. The fourth-order valence-corrected chi connectivity index (χ4v) is 2.64. The van der Waals surface area contributed by atoms with Crippen molar-refractivity contribution in [3.05, 3.63) is 59.3 Å². The lowest BCUT2D eigenvalue weighted by atomic mass is 10.0. The minimum absolute atomic E-state index is 0.0447. The van der Waals surface area contributed by atoms with Crippen LogP contribution in [0.25, 0.3) is 10.9 Å². The molecule has 0 radical (unpaired) electrons. The fourth-order valence-electron chi connectivity index (χ4n) is 2.64. The van der Waals surface area contributed by atoms with Crippen molar-refractivity contribution < 1.29 is 26.6 Å². The Kier molecular flexibility index (Phi) is 2.15. The number of nitrogens with zero attached hydrogens (tertiary/aromatic N) is 1. The molecule has 1 aromatic heterocycles. The highest BCUT2D eigenvalue weighted by atomic mass is 16.5. The van der Waals surface area contributed by atoms with Gasteiger partial charge in [0.15, 0.2) is 0 Å². The maximum atomic E-state index is 12.1. The standard InChI is InChI=1S/C19H20N2O3/c1-21-11-14(16-10-15(20)6-7-17(16)21)8-12-4-5-13(19(22)24-3)9-18(12)23-2/h4-7,9-11H,8,20H2,1-3H3/i1D3,2D3,3D3. The Balaban J connectivity index is 2.08. The summed E-state index contributed by atoms with van der Waals surface area (Å²) >= 11 is 0. The molecule has 1 heterocycles. The van der Waals surface area contributed by atoms with Gasteiger partial charge in [-0.3, -0.25) is 0 Å². The molecule has 2 N–H and O–H groups in total. The smallest absolute Gasteiger partial charge is 0.337 e. The Morgan fingerprint density at radius 2 is 2.12 bits per heavy atom. The lowest BCUT2D eigenvalue weighted by Crippen LogP contribution is -2.03. The van der Waals surface area contributed by atoms with E-state index in [0.29, 0.717) is 27.7 Å². The number of methoxy groups -OCH3 is 2. The molecular weight excluding hydrogens is 304 g/mol. The van der Waals surface area contributed by atoms with Gasteiger partial charge in [-0.1, -0.05) is 6.07 Å². The SMILES string of the molecule is [2H]C([2H])([2H])OC(=O)c1ccc(Cc2cn(C([2H])([2H])[2H])c3ccc(N)cc23)c(OC([2H])([2H])[2H])c1. The highest BCUT2D eigenvalue weighted by Gasteiger charge is 2.13. The number of aryl methyl sites for hydroxylation is 1. The third-order valence-corrected chi connectivity index (χ3v) is 3.80. The molecule has 0 saturated carbocycles. The summed E-state index contributed by atoms with van der Waals surface area (Å²) in [5, 5.41) is 0.553. The summed E-state index contributed by atoms with van der Waals surface area (Å²) in [7, 11) is -5.84. The number of nitrogen functional groups attached to an aromatic ring is 1. The molecule has 2 aromatic carbocycles. The molecule has 0 aliphatic heterocycles. The van der Waals surface area contributed by atoms with E-state index >= 15 is 0 Å². The molecular formula is C19H20N2O3. The first-order chi connectivity index (χ1) is 15.0. The summed E-state index contributed by atoms with van der Waals surface area (Å²) in [6.45, 7) is -2.46. The first-order valence-corrected chi connectivity index (χ1v) is 6.99. The van der Waals surface area contributed by atoms with Crippen LogP contribution in [0.15, 0.2) is 42.6 Å². The van der Waals surface area contributed by atoms with E-state index in [4.69, 9.17) is 22.8 Å². The number of carbonyl (C=O) groups is 1. The van der Waals surface area contributed by atoms with E-state index in [1.165, 1.54) is 18.3 Å². The molecule has 3 aromatic rings. The van der Waals surface area contributed by atoms with Crippen molar-refractivity contribution in [3.8, 4) is 5.75 Å². The predicted octanol–water partition coefficient (Wildman–Crippen LogP) is 3.15. The molecule has 0 atom stereocenters. The zero-order valence-electron chi connectivity index (χ0n) is 21.5. The van der Waals surface area contributed by atoms with E-state index in [-0.39, 0.29) is 17.7 Å². The van der Waals surface area contributed by atoms with E-state index in [1.54, 1.807) is 18.2 Å². The monoisotopic (exact) mass is 333 g/mol. The number of esters is 1. The number of rotatable bonds is 4. The molecule has 0 saturated heterocycles. The number of hydrogen-bond donors (Lipinski definition) is 1. The lowest BCUT2D eigenvalue weighted by Gasteiger charge is -2.10. The zero-order chi connectivity index (χ0) is 24.8. The number of hydrogen-bond acceptors (Lipinski definition) is 4. The van der Waals surface area contributed by atoms with E-state index in [2.05, 4.69) is 4.74 Å². The van der Waals surface area contributed by atoms with E-state index < -0.39 is 27.0 Å². The number of anilines is 1. The van der Waals surface area contributed by atoms with Crippen LogP contribution < -0.4 is 10.5 Å². The molecule has 0 bridgehead atoms. The molecule has 0 amide bonds. The Labute approximate surface area is 153 Å². The molecule has 0 fully saturated rings. The Morgan fingerprint density at radius 1 is 1.21 bits per heavy atom. The minimum Gasteiger partial charge on any atom is -0.496 e. The van der Waals surface area contributed by atoms with Crippen molar-refractivity contribution in [2.75, 3.05) is 19.8 Å². The lowest BCUT2D eigenvalue weighted by molar-refractivity contribution is 0.0600. The molecule has 5 heteroatoms. The highest BCUT2D eigenvalue weighted by Crippen LogP contribution is 2.29. The average Bonchev–Trinajstić information content (AvgIpc) is 2.98. The van der Waals surface area contributed by atoms with Gasteiger partial charge in [0, 0.05) is 40.3 Å². The molecule has 0 aliphatic carbocycles. The van der Waals surface area contributed by atoms with Gasteiger partial charge in [0.2, 0.25) is 0 Å². The minimum atomic E-state index is -2.97. The van der Waals surface area contributed by atoms with Crippen LogP contribution in [0.4, 0.5) is 5.69 Å². The van der Waals surface area contributed by atoms with Gasteiger partial charge < -0.3 is 19.8 Å². The normalized spacial score (nSPS) is 17.9. The van der Waals surface area contributed by atoms with Gasteiger partial charge in [0.1, 0.15) is 5.75 Å². The summed E-state index contributed by atoms with van der Waals surface area (Å²) < 4.78 is 77.3. The highest BCUT2D eigenvalue weighted by molar-refractivity contribution is 5.90. The van der Waals surface area contributed by atoms with Crippen molar-refractivity contribution in [2.45, 2.75) is 6.42 Å². The second-order valence-electron chi connectivity index (χ2n) is 5.29. The van der Waals surface area contributed by atoms with Crippen LogP contribution in [0, 0.1) is 0 Å². The van der Waals surface area contributed by atoms with Gasteiger partial charge in [-0.2, -0.15) is 0 Å². The van der Waals surface area contributed by atoms with Gasteiger partial charge in [0.25, 0.3) is 0 Å². The van der Waals surface area contributed by atoms with Crippen LogP contribution in [-0.4, -0.2) is 24.6 Å². The second-order valence-corrected chi connectivity index (χ2v) is 5.29. The van der Waals surface area contributed by atoms with Crippen molar-refractivity contribution in [1.82, 2.24) is 4.57 Å². The van der Waals surface area contributed by atoms with Gasteiger partial charge >= 0.3 is 5.97 Å². The second kappa shape index (κ2) is 6.28. The summed E-state index contributed by atoms with van der Waals surface area (Å²) in [5.41, 5.74) is 7.33. The number of nitrogens with two attached hydrogens (primary N) is 1. The third-order valence-electron chi connectivity index (χ3n) is 3.80. The third kappa shape index (κ3) is 2.80. The topological polar surface area (TPSA) is 66.5 Å². The van der Waals surface area contributed by atoms with Crippen LogP contribution in [0.1, 0.15) is 33.8 Å². The van der Waals surface area contributed by atoms with E-state index in [9.17, 15) is 4.79 Å². The maximum absolute atomic E-state index is 12.1. The van der Waals surface area contributed by atoms with Gasteiger partial charge in [-0.15, -0.1) is 0 Å². The zero-order valence-corrected chi connectivity index (χ0v) is 12.5. The quantitative estimate of drug-likeness (QED) is 0.588. The molecule has 0 unspecified atom stereocenters. The van der Waals surface area contributed by atoms with E-state index in [1.807, 2.05) is 0 Å². The Morgan fingerprint density at radius 3 is 2.92 bits per heavy atom. The summed E-state index contributed by atoms with van der Waals surface area (Å²) in [4.78, 5) is 12.1. The molecule has 24 heavy (non-hydrogen) atoms. The van der Waals surface area contributed by atoms with Crippen LogP contribution in [0.2, 0.25) is 0 Å². The van der Waals surface area contributed by atoms with Crippen LogP contribution >= 0.6 is 0 Å². The molecule has 0 spiro atoms. The molecule has 3 rings (SSSR count). The summed E-state index contributed by atoms with van der Waals surface area (Å²) in [5.74, 6) is -1.38. The van der Waals surface area contributed by atoms with Crippen LogP contribution in [0.3, 0.4) is 0 Å². The first-order valence-electron chi connectivity index (χ1n) is 11.5. The summed E-state index contributed by atoms with van der Waals surface area (Å²) in [6.07, 6.45) is 1.47. The molecule has 124 valence electrons. The molecule has 0 aliphatic rings. The van der Waals surface area contributed by atoms with Crippen LogP contribution in [-0.2, 0) is 18.1 Å². The molecule has 5 nitrogen and oxygen atoms in total. The predicted molar refractivity (Wildman–Crippen MR) is 94.5 cm³/mol. The van der Waals surface area contributed by atoms with Gasteiger partial charge in [-0.25, -0.2) is 4.79 Å². The van der Waals surface area contributed by atoms with Crippen molar-refractivity contribution in [3.63, 3.8) is 0 Å². The number of aromatic nitrogens is 1. The van der Waals surface area contributed by atoms with Gasteiger partial charge in [0.05, 0.1) is 27.9 Å². The number of fused-ring (bicyclic) bond motifs is 1. The Hall–Kier alpha value is -2.95. The fraction of sp³-hybridized carbons (Fsp3) is 0.211. The largest absolute Gasteiger partial charge is 0.496 e. The average molecular weight is 333 g/mol. The number of ether oxygens (including phenoxy) is 2. The van der Waals surface area contributed by atoms with Crippen molar-refractivity contribution >= 4 is 22.6 Å². The van der Waals surface area contributed by atoms with E-state index in [0.717, 1.165) is 10.6 Å². The van der Waals surface area contributed by atoms with Crippen molar-refractivity contribution in [1.29, 1.82) is 0 Å². The first kappa shape index (κ1) is 8.24. The van der Waals surface area contributed by atoms with Crippen molar-refractivity contribution in [2.24, 2.45) is 6.98 Å². The summed E-state index contributed by atoms with van der Waals surface area (Å²) in [6, 6.07) is 8.50. The maximum Gasteiger partial charge on any atom is 0.337 e. The number of benzene rings is 2. The van der Waals surface area contributed by atoms with Crippen LogP contribution in [0.5, 0.6) is 5.75 Å².